The van der Waals surface area contributed by atoms with Crippen LogP contribution in [0.4, 0.5) is 0 Å². The van der Waals surface area contributed by atoms with Gasteiger partial charge in [-0.3, -0.25) is 4.79 Å². The zero-order chi connectivity index (χ0) is 17.6. The lowest BCUT2D eigenvalue weighted by atomic mass is 10.0. The minimum absolute atomic E-state index is 0.0277. The van der Waals surface area contributed by atoms with Crippen LogP contribution in [0.2, 0.25) is 0 Å². The van der Waals surface area contributed by atoms with Crippen LogP contribution in [0.15, 0.2) is 47.1 Å². The van der Waals surface area contributed by atoms with Crippen LogP contribution in [0.3, 0.4) is 0 Å². The summed E-state index contributed by atoms with van der Waals surface area (Å²) in [6, 6.07) is 9.69. The first kappa shape index (κ1) is 18.0. The molecular formula is C16H20N2O5S. The van der Waals surface area contributed by atoms with Crippen molar-refractivity contribution in [1.82, 2.24) is 10.0 Å². The Kier molecular flexibility index (Phi) is 5.99. The van der Waals surface area contributed by atoms with Crippen LogP contribution in [-0.4, -0.2) is 27.7 Å². The van der Waals surface area contributed by atoms with E-state index in [1.54, 1.807) is 43.5 Å². The normalized spacial score (nSPS) is 12.6. The number of benzene rings is 1. The first-order valence-electron chi connectivity index (χ1n) is 7.27. The molecule has 0 saturated carbocycles. The fraction of sp³-hybridized carbons (Fsp3) is 0.312. The second-order valence-electron chi connectivity index (χ2n) is 5.28. The molecule has 0 radical (unpaired) electrons. The molecule has 2 aromatic rings. The Morgan fingerprint density at radius 1 is 1.25 bits per heavy atom. The molecule has 0 aliphatic carbocycles. The Hall–Kier alpha value is -2.32. The number of carbonyl (C=O) groups is 1. The highest BCUT2D eigenvalue weighted by Crippen LogP contribution is 2.21. The molecule has 2 rings (SSSR count). The smallest absolute Gasteiger partial charge is 0.222 e. The van der Waals surface area contributed by atoms with Gasteiger partial charge in [0.25, 0.3) is 0 Å². The number of methoxy groups -OCH3 is 1. The summed E-state index contributed by atoms with van der Waals surface area (Å²) < 4.78 is 35.9. The Morgan fingerprint density at radius 2 is 1.96 bits per heavy atom. The Bertz CT molecular complexity index is 754. The van der Waals surface area contributed by atoms with Crippen molar-refractivity contribution >= 4 is 15.9 Å². The third-order valence-corrected chi connectivity index (χ3v) is 4.02. The van der Waals surface area contributed by atoms with Gasteiger partial charge in [0.1, 0.15) is 11.5 Å². The van der Waals surface area contributed by atoms with E-state index in [0.717, 1.165) is 6.26 Å². The van der Waals surface area contributed by atoms with Crippen LogP contribution in [0.5, 0.6) is 5.75 Å². The summed E-state index contributed by atoms with van der Waals surface area (Å²) in [4.78, 5) is 12.1. The fourth-order valence-corrected chi connectivity index (χ4v) is 2.91. The van der Waals surface area contributed by atoms with Gasteiger partial charge in [-0.2, -0.15) is 0 Å². The number of hydrogen-bond donors (Lipinski definition) is 2. The monoisotopic (exact) mass is 352 g/mol. The summed E-state index contributed by atoms with van der Waals surface area (Å²) in [6.45, 7) is 0.250. The molecule has 7 nitrogen and oxygen atoms in total. The van der Waals surface area contributed by atoms with Gasteiger partial charge >= 0.3 is 0 Å². The van der Waals surface area contributed by atoms with E-state index in [1.807, 2.05) is 0 Å². The predicted molar refractivity (Wildman–Crippen MR) is 88.9 cm³/mol. The van der Waals surface area contributed by atoms with Gasteiger partial charge in [0.05, 0.1) is 32.2 Å². The highest BCUT2D eigenvalue weighted by molar-refractivity contribution is 7.88. The summed E-state index contributed by atoms with van der Waals surface area (Å²) in [7, 11) is -1.93. The van der Waals surface area contributed by atoms with Gasteiger partial charge in [-0.05, 0) is 29.8 Å². The molecule has 2 N–H and O–H groups in total. The minimum atomic E-state index is -3.47. The maximum absolute atomic E-state index is 12.1. The minimum Gasteiger partial charge on any atom is -0.497 e. The molecular weight excluding hydrogens is 332 g/mol. The summed E-state index contributed by atoms with van der Waals surface area (Å²) >= 11 is 0. The van der Waals surface area contributed by atoms with E-state index in [4.69, 9.17) is 9.15 Å². The third kappa shape index (κ3) is 5.71. The van der Waals surface area contributed by atoms with Crippen molar-refractivity contribution in [3.05, 3.63) is 54.0 Å². The summed E-state index contributed by atoms with van der Waals surface area (Å²) in [6.07, 6.45) is 2.55. The van der Waals surface area contributed by atoms with Crippen molar-refractivity contribution in [2.75, 3.05) is 13.4 Å². The number of rotatable bonds is 8. The molecule has 0 aliphatic rings. The predicted octanol–water partition coefficient (Wildman–Crippen LogP) is 1.58. The molecule has 1 amide bonds. The van der Waals surface area contributed by atoms with Gasteiger partial charge in [-0.1, -0.05) is 12.1 Å². The first-order valence-corrected chi connectivity index (χ1v) is 9.17. The van der Waals surface area contributed by atoms with E-state index in [1.165, 1.54) is 6.26 Å². The number of carbonyl (C=O) groups excluding carboxylic acids is 1. The molecule has 0 bridgehead atoms. The number of ether oxygens (including phenoxy) is 1. The Labute approximate surface area is 141 Å². The second kappa shape index (κ2) is 7.98. The van der Waals surface area contributed by atoms with E-state index < -0.39 is 16.1 Å². The van der Waals surface area contributed by atoms with Crippen LogP contribution in [-0.2, 0) is 21.4 Å². The van der Waals surface area contributed by atoms with Gasteiger partial charge in [-0.15, -0.1) is 0 Å². The van der Waals surface area contributed by atoms with E-state index in [-0.39, 0.29) is 18.9 Å². The average molecular weight is 352 g/mol. The largest absolute Gasteiger partial charge is 0.497 e. The molecule has 0 aliphatic heterocycles. The average Bonchev–Trinajstić information content (AvgIpc) is 3.04. The fourth-order valence-electron chi connectivity index (χ4n) is 2.18. The van der Waals surface area contributed by atoms with Crippen molar-refractivity contribution in [2.45, 2.75) is 19.0 Å². The summed E-state index contributed by atoms with van der Waals surface area (Å²) in [5.41, 5.74) is 0.675. The number of amides is 1. The summed E-state index contributed by atoms with van der Waals surface area (Å²) in [5.74, 6) is 0.989. The van der Waals surface area contributed by atoms with Gasteiger partial charge in [-0.25, -0.2) is 13.1 Å². The van der Waals surface area contributed by atoms with Crippen molar-refractivity contribution in [2.24, 2.45) is 0 Å². The van der Waals surface area contributed by atoms with Gasteiger partial charge in [0, 0.05) is 6.42 Å². The van der Waals surface area contributed by atoms with Gasteiger partial charge in [0.15, 0.2) is 0 Å². The number of nitrogens with one attached hydrogen (secondary N) is 2. The third-order valence-electron chi connectivity index (χ3n) is 3.30. The zero-order valence-electron chi connectivity index (χ0n) is 13.5. The second-order valence-corrected chi connectivity index (χ2v) is 7.06. The maximum atomic E-state index is 12.1. The Balaban J connectivity index is 2.05. The molecule has 1 aromatic carbocycles. The maximum Gasteiger partial charge on any atom is 0.222 e. The van der Waals surface area contributed by atoms with Crippen LogP contribution >= 0.6 is 0 Å². The molecule has 0 unspecified atom stereocenters. The van der Waals surface area contributed by atoms with Crippen molar-refractivity contribution in [1.29, 1.82) is 0 Å². The molecule has 8 heteroatoms. The molecule has 0 saturated heterocycles. The first-order chi connectivity index (χ1) is 11.4. The molecule has 24 heavy (non-hydrogen) atoms. The molecule has 1 atom stereocenters. The lowest BCUT2D eigenvalue weighted by molar-refractivity contribution is -0.121. The highest BCUT2D eigenvalue weighted by atomic mass is 32.2. The Morgan fingerprint density at radius 3 is 2.50 bits per heavy atom. The van der Waals surface area contributed by atoms with Crippen molar-refractivity contribution in [3.8, 4) is 5.75 Å². The van der Waals surface area contributed by atoms with Crippen LogP contribution in [0.25, 0.3) is 0 Å². The van der Waals surface area contributed by atoms with Crippen LogP contribution in [0.1, 0.15) is 23.8 Å². The lowest BCUT2D eigenvalue weighted by Gasteiger charge is -2.18. The van der Waals surface area contributed by atoms with E-state index in [9.17, 15) is 13.2 Å². The lowest BCUT2D eigenvalue weighted by Crippen LogP contribution is -2.33. The van der Waals surface area contributed by atoms with E-state index >= 15 is 0 Å². The number of hydrogen-bond acceptors (Lipinski definition) is 5. The van der Waals surface area contributed by atoms with Crippen molar-refractivity contribution in [3.63, 3.8) is 0 Å². The van der Waals surface area contributed by atoms with E-state index in [2.05, 4.69) is 10.0 Å². The molecule has 130 valence electrons. The quantitative estimate of drug-likeness (QED) is 0.752. The standard InChI is InChI=1S/C16H20N2O5S/c1-22-13-7-5-12(6-8-13)15(18-24(2,20)21)10-16(19)17-11-14-4-3-9-23-14/h3-9,15,18H,10-11H2,1-2H3,(H,17,19)/t15-/m1/s1. The zero-order valence-corrected chi connectivity index (χ0v) is 14.3. The SMILES string of the molecule is COc1ccc([C@@H](CC(=O)NCc2ccco2)NS(C)(=O)=O)cc1. The van der Waals surface area contributed by atoms with Crippen LogP contribution < -0.4 is 14.8 Å². The van der Waals surface area contributed by atoms with Crippen LogP contribution in [0, 0.1) is 0 Å². The molecule has 1 aromatic heterocycles. The summed E-state index contributed by atoms with van der Waals surface area (Å²) in [5, 5.41) is 2.70. The topological polar surface area (TPSA) is 97.6 Å². The molecule has 0 spiro atoms. The van der Waals surface area contributed by atoms with Gasteiger partial charge < -0.3 is 14.5 Å². The number of furan rings is 1. The molecule has 1 heterocycles. The molecule has 0 fully saturated rings. The van der Waals surface area contributed by atoms with Crippen molar-refractivity contribution < 1.29 is 22.4 Å². The van der Waals surface area contributed by atoms with E-state index in [0.29, 0.717) is 17.1 Å². The highest BCUT2D eigenvalue weighted by Gasteiger charge is 2.20. The number of sulfonamides is 1. The van der Waals surface area contributed by atoms with Gasteiger partial charge in [0.2, 0.25) is 15.9 Å².